The highest BCUT2D eigenvalue weighted by atomic mass is 35.5. The van der Waals surface area contributed by atoms with Crippen molar-refractivity contribution in [3.8, 4) is 5.75 Å². The third-order valence-corrected chi connectivity index (χ3v) is 6.07. The number of hydrogen-bond donors (Lipinski definition) is 2. The van der Waals surface area contributed by atoms with E-state index in [1.807, 2.05) is 13.0 Å². The topological polar surface area (TPSA) is 107 Å². The molecule has 1 aliphatic carbocycles. The summed E-state index contributed by atoms with van der Waals surface area (Å²) >= 11 is 5.52. The van der Waals surface area contributed by atoms with Crippen LogP contribution in [0.25, 0.3) is 16.5 Å². The number of carbonyl (C=O) groups is 1. The van der Waals surface area contributed by atoms with E-state index < -0.39 is 10.0 Å². The van der Waals surface area contributed by atoms with Gasteiger partial charge >= 0.3 is 0 Å². The van der Waals surface area contributed by atoms with E-state index in [-0.39, 0.29) is 23.4 Å². The average molecular weight is 455 g/mol. The number of carbonyl (C=O) groups excluding carboxylic acids is 1. The van der Waals surface area contributed by atoms with Gasteiger partial charge in [0.2, 0.25) is 15.9 Å². The molecule has 0 fully saturated rings. The Kier molecular flexibility index (Phi) is 7.19. The molecule has 0 aliphatic heterocycles. The van der Waals surface area contributed by atoms with Crippen LogP contribution in [0.3, 0.4) is 0 Å². The summed E-state index contributed by atoms with van der Waals surface area (Å²) in [6.45, 7) is 2.28. The summed E-state index contributed by atoms with van der Waals surface area (Å²) in [5.41, 5.74) is 1.73. The smallest absolute Gasteiger partial charge is 0.243 e. The van der Waals surface area contributed by atoms with E-state index in [1.54, 1.807) is 18.2 Å². The lowest BCUT2D eigenvalue weighted by Gasteiger charge is -2.09. The number of halogens is 1. The molecule has 2 aromatic rings. The Morgan fingerprint density at radius 1 is 1.33 bits per heavy atom. The highest BCUT2D eigenvalue weighted by molar-refractivity contribution is 7.89. The van der Waals surface area contributed by atoms with Gasteiger partial charge in [-0.3, -0.25) is 4.79 Å². The SMILES string of the molecule is CCCOCNS(=O)(=O)c1ccc(OC)c2oc(C3=CCC(NC(=O)CCl)=C3)cc12. The molecule has 3 rings (SSSR count). The van der Waals surface area contributed by atoms with Crippen molar-refractivity contribution in [2.24, 2.45) is 0 Å². The molecule has 2 N–H and O–H groups in total. The number of benzene rings is 1. The summed E-state index contributed by atoms with van der Waals surface area (Å²) < 4.78 is 44.5. The van der Waals surface area contributed by atoms with Crippen molar-refractivity contribution in [2.75, 3.05) is 26.3 Å². The van der Waals surface area contributed by atoms with Crippen LogP contribution in [0.5, 0.6) is 5.75 Å². The Balaban J connectivity index is 1.95. The van der Waals surface area contributed by atoms with Crippen molar-refractivity contribution in [3.63, 3.8) is 0 Å². The summed E-state index contributed by atoms with van der Waals surface area (Å²) in [7, 11) is -2.35. The number of furan rings is 1. The molecule has 0 bridgehead atoms. The number of hydrogen-bond acceptors (Lipinski definition) is 6. The van der Waals surface area contributed by atoms with Gasteiger partial charge in [-0.15, -0.1) is 11.6 Å². The number of fused-ring (bicyclic) bond motifs is 1. The molecule has 30 heavy (non-hydrogen) atoms. The monoisotopic (exact) mass is 454 g/mol. The van der Waals surface area contributed by atoms with Gasteiger partial charge in [-0.1, -0.05) is 13.0 Å². The van der Waals surface area contributed by atoms with Gasteiger partial charge in [0.15, 0.2) is 11.3 Å². The number of rotatable bonds is 10. The van der Waals surface area contributed by atoms with Crippen LogP contribution in [0.2, 0.25) is 0 Å². The summed E-state index contributed by atoms with van der Waals surface area (Å²) in [6.07, 6.45) is 4.93. The van der Waals surface area contributed by atoms with Gasteiger partial charge in [-0.25, -0.2) is 8.42 Å². The Morgan fingerprint density at radius 3 is 2.83 bits per heavy atom. The van der Waals surface area contributed by atoms with E-state index in [0.29, 0.717) is 41.2 Å². The molecular formula is C20H23ClN2O6S. The fourth-order valence-electron chi connectivity index (χ4n) is 3.02. The van der Waals surface area contributed by atoms with Crippen molar-refractivity contribution < 1.29 is 27.1 Å². The lowest BCUT2D eigenvalue weighted by molar-refractivity contribution is -0.118. The maximum absolute atomic E-state index is 12.8. The Labute approximate surface area is 179 Å². The number of nitrogens with one attached hydrogen (secondary N) is 2. The molecule has 0 spiro atoms. The van der Waals surface area contributed by atoms with Crippen LogP contribution >= 0.6 is 11.6 Å². The molecule has 1 heterocycles. The van der Waals surface area contributed by atoms with Crippen LogP contribution < -0.4 is 14.8 Å². The summed E-state index contributed by atoms with van der Waals surface area (Å²) in [5, 5.41) is 3.09. The van der Waals surface area contributed by atoms with Crippen LogP contribution in [-0.2, 0) is 19.6 Å². The third-order valence-electron chi connectivity index (χ3n) is 4.39. The predicted octanol–water partition coefficient (Wildman–Crippen LogP) is 3.13. The first-order chi connectivity index (χ1) is 14.4. The molecule has 8 nitrogen and oxygen atoms in total. The second-order valence-electron chi connectivity index (χ2n) is 6.53. The Bertz CT molecular complexity index is 1100. The zero-order valence-corrected chi connectivity index (χ0v) is 18.2. The minimum atomic E-state index is -3.83. The maximum Gasteiger partial charge on any atom is 0.243 e. The van der Waals surface area contributed by atoms with Gasteiger partial charge < -0.3 is 19.2 Å². The largest absolute Gasteiger partial charge is 0.493 e. The molecule has 1 aliphatic rings. The second kappa shape index (κ2) is 9.65. The van der Waals surface area contributed by atoms with E-state index >= 15 is 0 Å². The molecule has 1 aromatic carbocycles. The molecule has 0 unspecified atom stereocenters. The Hall–Kier alpha value is -2.33. The molecule has 0 saturated carbocycles. The number of alkyl halides is 1. The first kappa shape index (κ1) is 22.4. The molecule has 10 heteroatoms. The summed E-state index contributed by atoms with van der Waals surface area (Å²) in [5.74, 6) is 0.442. The predicted molar refractivity (Wildman–Crippen MR) is 114 cm³/mol. The van der Waals surface area contributed by atoms with E-state index in [9.17, 15) is 13.2 Å². The third kappa shape index (κ3) is 4.86. The number of ether oxygens (including phenoxy) is 2. The van der Waals surface area contributed by atoms with Crippen LogP contribution in [0.1, 0.15) is 25.5 Å². The number of sulfonamides is 1. The number of methoxy groups -OCH3 is 1. The van der Waals surface area contributed by atoms with Crippen molar-refractivity contribution in [3.05, 3.63) is 41.8 Å². The van der Waals surface area contributed by atoms with Gasteiger partial charge in [0, 0.05) is 29.7 Å². The molecule has 0 radical (unpaired) electrons. The van der Waals surface area contributed by atoms with Gasteiger partial charge in [0.05, 0.1) is 12.0 Å². The maximum atomic E-state index is 12.8. The van der Waals surface area contributed by atoms with E-state index in [1.165, 1.54) is 13.2 Å². The lowest BCUT2D eigenvalue weighted by atomic mass is 10.2. The fourth-order valence-corrected chi connectivity index (χ4v) is 4.17. The first-order valence-electron chi connectivity index (χ1n) is 9.34. The minimum absolute atomic E-state index is 0.0617. The van der Waals surface area contributed by atoms with E-state index in [4.69, 9.17) is 25.5 Å². The highest BCUT2D eigenvalue weighted by Crippen LogP contribution is 2.37. The standard InChI is InChI=1S/C20H23ClN2O6S/c1-3-8-28-12-22-30(25,26)18-7-6-16(27-2)20-15(18)10-17(29-20)13-4-5-14(9-13)23-19(24)11-21/h4,6-7,9-10,22H,3,5,8,11-12H2,1-2H3,(H,23,24). The molecule has 162 valence electrons. The van der Waals surface area contributed by atoms with Crippen LogP contribution in [0.15, 0.2) is 45.4 Å². The lowest BCUT2D eigenvalue weighted by Crippen LogP contribution is -2.26. The second-order valence-corrected chi connectivity index (χ2v) is 8.54. The van der Waals surface area contributed by atoms with Crippen molar-refractivity contribution in [1.82, 2.24) is 10.0 Å². The zero-order valence-electron chi connectivity index (χ0n) is 16.7. The average Bonchev–Trinajstić information content (AvgIpc) is 3.37. The first-order valence-corrected chi connectivity index (χ1v) is 11.4. The fraction of sp³-hybridized carbons (Fsp3) is 0.350. The van der Waals surface area contributed by atoms with Gasteiger partial charge in [-0.2, -0.15) is 4.72 Å². The molecule has 0 atom stereocenters. The summed E-state index contributed by atoms with van der Waals surface area (Å²) in [4.78, 5) is 11.5. The van der Waals surface area contributed by atoms with E-state index in [2.05, 4.69) is 10.0 Å². The normalized spacial score (nSPS) is 14.0. The van der Waals surface area contributed by atoms with E-state index in [0.717, 1.165) is 12.0 Å². The van der Waals surface area contributed by atoms with Crippen LogP contribution in [0.4, 0.5) is 0 Å². The van der Waals surface area contributed by atoms with Crippen molar-refractivity contribution in [1.29, 1.82) is 0 Å². The van der Waals surface area contributed by atoms with Crippen LogP contribution in [-0.4, -0.2) is 40.7 Å². The van der Waals surface area contributed by atoms with Gasteiger partial charge in [0.1, 0.15) is 18.4 Å². The highest BCUT2D eigenvalue weighted by Gasteiger charge is 2.23. The summed E-state index contributed by atoms with van der Waals surface area (Å²) in [6, 6.07) is 4.66. The molecule has 1 amide bonds. The zero-order chi connectivity index (χ0) is 21.7. The number of amides is 1. The number of allylic oxidation sites excluding steroid dienone is 3. The van der Waals surface area contributed by atoms with Gasteiger partial charge in [-0.05, 0) is 30.7 Å². The molecule has 1 aromatic heterocycles. The minimum Gasteiger partial charge on any atom is -0.493 e. The quantitative estimate of drug-likeness (QED) is 0.324. The van der Waals surface area contributed by atoms with Crippen LogP contribution in [0, 0.1) is 0 Å². The van der Waals surface area contributed by atoms with Crippen molar-refractivity contribution in [2.45, 2.75) is 24.7 Å². The molecule has 0 saturated heterocycles. The molecular weight excluding hydrogens is 432 g/mol. The Morgan fingerprint density at radius 2 is 2.13 bits per heavy atom. The van der Waals surface area contributed by atoms with Crippen molar-refractivity contribution >= 4 is 44.1 Å². The van der Waals surface area contributed by atoms with Gasteiger partial charge in [0.25, 0.3) is 0 Å².